The van der Waals surface area contributed by atoms with Gasteiger partial charge in [0.05, 0.1) is 23.2 Å². The molecule has 27 heavy (non-hydrogen) atoms. The second kappa shape index (κ2) is 7.79. The maximum Gasteiger partial charge on any atom is 0.161 e. The number of aryl methyl sites for hydroxylation is 1. The molecule has 0 saturated carbocycles. The first kappa shape index (κ1) is 18.3. The smallest absolute Gasteiger partial charge is 0.161 e. The van der Waals surface area contributed by atoms with Gasteiger partial charge in [0.25, 0.3) is 0 Å². The molecule has 0 aliphatic rings. The lowest BCUT2D eigenvalue weighted by molar-refractivity contribution is 0.317. The van der Waals surface area contributed by atoms with Gasteiger partial charge < -0.3 is 14.8 Å². The van der Waals surface area contributed by atoms with Crippen LogP contribution >= 0.6 is 0 Å². The number of nitriles is 1. The molecule has 0 radical (unpaired) electrons. The molecule has 0 fully saturated rings. The highest BCUT2D eigenvalue weighted by molar-refractivity contribution is 5.90. The molecule has 0 aliphatic heterocycles. The van der Waals surface area contributed by atoms with Gasteiger partial charge in [0, 0.05) is 5.56 Å². The van der Waals surface area contributed by atoms with E-state index in [0.29, 0.717) is 35.7 Å². The lowest BCUT2D eigenvalue weighted by Crippen LogP contribution is -1.95. The molecule has 0 atom stereocenters. The number of fused-ring (bicyclic) bond motifs is 1. The number of nitrogens with one attached hydrogen (secondary N) is 1. The number of hydrogen-bond donors (Lipinski definition) is 2. The molecule has 136 valence electrons. The predicted octanol–water partition coefficient (Wildman–Crippen LogP) is 4.77. The second-order valence-electron chi connectivity index (χ2n) is 6.23. The summed E-state index contributed by atoms with van der Waals surface area (Å²) in [6.07, 6.45) is 3.95. The van der Waals surface area contributed by atoms with Gasteiger partial charge in [-0.25, -0.2) is 4.98 Å². The van der Waals surface area contributed by atoms with Crippen molar-refractivity contribution in [1.82, 2.24) is 9.97 Å². The summed E-state index contributed by atoms with van der Waals surface area (Å²) in [6, 6.07) is 11.7. The molecule has 1 aromatic heterocycles. The highest BCUT2D eigenvalue weighted by atomic mass is 16.5. The van der Waals surface area contributed by atoms with Crippen LogP contribution in [0.2, 0.25) is 0 Å². The van der Waals surface area contributed by atoms with Crippen LogP contribution in [-0.2, 0) is 6.42 Å². The van der Waals surface area contributed by atoms with E-state index < -0.39 is 0 Å². The van der Waals surface area contributed by atoms with Crippen LogP contribution in [0.5, 0.6) is 11.5 Å². The fraction of sp³-hybridized carbons (Fsp3) is 0.182. The summed E-state index contributed by atoms with van der Waals surface area (Å²) in [5.41, 5.74) is 4.67. The van der Waals surface area contributed by atoms with Crippen molar-refractivity contribution >= 4 is 22.7 Å². The molecule has 0 unspecified atom stereocenters. The van der Waals surface area contributed by atoms with E-state index >= 15 is 0 Å². The van der Waals surface area contributed by atoms with Crippen molar-refractivity contribution in [3.63, 3.8) is 0 Å². The topological polar surface area (TPSA) is 81.9 Å². The van der Waals surface area contributed by atoms with E-state index in [1.165, 1.54) is 0 Å². The van der Waals surface area contributed by atoms with Gasteiger partial charge in [-0.15, -0.1) is 6.58 Å². The van der Waals surface area contributed by atoms with Gasteiger partial charge in [0.15, 0.2) is 11.5 Å². The van der Waals surface area contributed by atoms with Gasteiger partial charge >= 0.3 is 0 Å². The summed E-state index contributed by atoms with van der Waals surface area (Å²) in [5, 5.41) is 20.0. The molecule has 3 rings (SSSR count). The number of aromatic nitrogens is 2. The molecular weight excluding hydrogens is 338 g/mol. The number of nitrogens with zero attached hydrogens (tertiary/aromatic N) is 2. The molecule has 2 N–H and O–H groups in total. The van der Waals surface area contributed by atoms with E-state index in [1.54, 1.807) is 18.2 Å². The van der Waals surface area contributed by atoms with Crippen LogP contribution in [0.3, 0.4) is 0 Å². The van der Waals surface area contributed by atoms with Crippen molar-refractivity contribution < 1.29 is 9.84 Å². The van der Waals surface area contributed by atoms with Crippen molar-refractivity contribution in [3.05, 3.63) is 65.5 Å². The maximum atomic E-state index is 10.3. The first-order chi connectivity index (χ1) is 13.0. The monoisotopic (exact) mass is 359 g/mol. The molecule has 0 saturated heterocycles. The minimum Gasteiger partial charge on any atom is -0.504 e. The fourth-order valence-electron chi connectivity index (χ4n) is 2.92. The zero-order valence-electron chi connectivity index (χ0n) is 15.4. The van der Waals surface area contributed by atoms with Crippen LogP contribution in [0.4, 0.5) is 0 Å². The van der Waals surface area contributed by atoms with Crippen LogP contribution in [0.15, 0.2) is 43.0 Å². The summed E-state index contributed by atoms with van der Waals surface area (Å²) in [4.78, 5) is 7.71. The van der Waals surface area contributed by atoms with Gasteiger partial charge in [-0.2, -0.15) is 5.26 Å². The largest absolute Gasteiger partial charge is 0.504 e. The van der Waals surface area contributed by atoms with Crippen molar-refractivity contribution in [2.45, 2.75) is 20.3 Å². The average Bonchev–Trinajstić information content (AvgIpc) is 3.06. The van der Waals surface area contributed by atoms with Crippen molar-refractivity contribution in [3.8, 4) is 17.6 Å². The minimum atomic E-state index is 0.103. The highest BCUT2D eigenvalue weighted by Gasteiger charge is 2.12. The average molecular weight is 359 g/mol. The Morgan fingerprint density at radius 3 is 2.89 bits per heavy atom. The second-order valence-corrected chi connectivity index (χ2v) is 6.23. The van der Waals surface area contributed by atoms with Crippen LogP contribution < -0.4 is 4.74 Å². The van der Waals surface area contributed by atoms with Crippen molar-refractivity contribution in [2.24, 2.45) is 0 Å². The van der Waals surface area contributed by atoms with E-state index in [2.05, 4.69) is 22.6 Å². The molecule has 0 bridgehead atoms. The van der Waals surface area contributed by atoms with E-state index in [4.69, 9.17) is 4.74 Å². The normalized spacial score (nSPS) is 11.4. The number of H-pyrrole nitrogens is 1. The van der Waals surface area contributed by atoms with Gasteiger partial charge in [-0.1, -0.05) is 12.1 Å². The Bertz CT molecular complexity index is 1070. The Morgan fingerprint density at radius 2 is 2.19 bits per heavy atom. The summed E-state index contributed by atoms with van der Waals surface area (Å²) < 4.78 is 5.53. The number of rotatable bonds is 6. The lowest BCUT2D eigenvalue weighted by Gasteiger charge is -2.11. The lowest BCUT2D eigenvalue weighted by atomic mass is 10.0. The number of phenolic OH excluding ortho intramolecular Hbond substituents is 1. The Morgan fingerprint density at radius 1 is 1.37 bits per heavy atom. The molecule has 0 spiro atoms. The van der Waals surface area contributed by atoms with E-state index in [-0.39, 0.29) is 5.75 Å². The predicted molar refractivity (Wildman–Crippen MR) is 107 cm³/mol. The molecule has 3 aromatic rings. The SMILES string of the molecule is C=CCc1cc(/C=C(/C#N)c2nc3ccc(C)cc3[nH]2)cc(OCC)c1O. The van der Waals surface area contributed by atoms with E-state index in [0.717, 1.165) is 22.2 Å². The molecule has 5 nitrogen and oxygen atoms in total. The molecule has 0 aliphatic carbocycles. The third-order valence-corrected chi connectivity index (χ3v) is 4.16. The summed E-state index contributed by atoms with van der Waals surface area (Å²) in [7, 11) is 0. The maximum absolute atomic E-state index is 10.3. The zero-order chi connectivity index (χ0) is 19.4. The number of benzene rings is 2. The molecular formula is C22H21N3O2. The summed E-state index contributed by atoms with van der Waals surface area (Å²) in [6.45, 7) is 8.02. The standard InChI is InChI=1S/C22H21N3O2/c1-4-6-16-10-15(12-20(21(16)26)27-5-2)11-17(13-23)22-24-18-8-7-14(3)9-19(18)25-22/h4,7-12,26H,1,5-6H2,2-3H3,(H,24,25)/b17-11-. The number of hydrogen-bond acceptors (Lipinski definition) is 4. The van der Waals surface area contributed by atoms with Gasteiger partial charge in [-0.05, 0) is 61.7 Å². The molecule has 0 amide bonds. The molecule has 1 heterocycles. The minimum absolute atomic E-state index is 0.103. The zero-order valence-corrected chi connectivity index (χ0v) is 15.4. The van der Waals surface area contributed by atoms with Gasteiger partial charge in [-0.3, -0.25) is 0 Å². The van der Waals surface area contributed by atoms with Gasteiger partial charge in [0.2, 0.25) is 0 Å². The van der Waals surface area contributed by atoms with Crippen LogP contribution in [0.1, 0.15) is 29.4 Å². The van der Waals surface area contributed by atoms with Crippen molar-refractivity contribution in [2.75, 3.05) is 6.61 Å². The van der Waals surface area contributed by atoms with Crippen LogP contribution in [0.25, 0.3) is 22.7 Å². The number of imidazole rings is 1. The number of aromatic hydroxyl groups is 1. The number of phenols is 1. The number of ether oxygens (including phenoxy) is 1. The Labute approximate surface area is 158 Å². The third kappa shape index (κ3) is 3.85. The quantitative estimate of drug-likeness (QED) is 0.491. The number of aromatic amines is 1. The Kier molecular flexibility index (Phi) is 5.28. The van der Waals surface area contributed by atoms with Crippen LogP contribution in [-0.4, -0.2) is 21.7 Å². The van der Waals surface area contributed by atoms with Crippen molar-refractivity contribution in [1.29, 1.82) is 5.26 Å². The Hall–Kier alpha value is -3.52. The first-order valence-corrected chi connectivity index (χ1v) is 8.73. The molecule has 2 aromatic carbocycles. The number of allylic oxidation sites excluding steroid dienone is 2. The first-order valence-electron chi connectivity index (χ1n) is 8.73. The van der Waals surface area contributed by atoms with Crippen LogP contribution in [0, 0.1) is 18.3 Å². The summed E-state index contributed by atoms with van der Waals surface area (Å²) >= 11 is 0. The fourth-order valence-corrected chi connectivity index (χ4v) is 2.92. The summed E-state index contributed by atoms with van der Waals surface area (Å²) in [5.74, 6) is 1.00. The van der Waals surface area contributed by atoms with E-state index in [1.807, 2.05) is 38.1 Å². The molecule has 5 heteroatoms. The third-order valence-electron chi connectivity index (χ3n) is 4.16. The van der Waals surface area contributed by atoms with E-state index in [9.17, 15) is 10.4 Å². The highest BCUT2D eigenvalue weighted by Crippen LogP contribution is 2.33. The Balaban J connectivity index is 2.08. The van der Waals surface area contributed by atoms with Gasteiger partial charge in [0.1, 0.15) is 11.9 Å².